The molecule has 0 fully saturated rings. The van der Waals surface area contributed by atoms with Crippen LogP contribution in [0.3, 0.4) is 0 Å². The highest BCUT2D eigenvalue weighted by Gasteiger charge is 2.11. The van der Waals surface area contributed by atoms with Crippen molar-refractivity contribution in [3.8, 4) is 0 Å². The van der Waals surface area contributed by atoms with Crippen molar-refractivity contribution >= 4 is 28.8 Å². The van der Waals surface area contributed by atoms with Gasteiger partial charge in [0.15, 0.2) is 0 Å². The maximum atomic E-state index is 13.4. The highest BCUT2D eigenvalue weighted by Crippen LogP contribution is 2.15. The Morgan fingerprint density at radius 2 is 2.00 bits per heavy atom. The van der Waals surface area contributed by atoms with Gasteiger partial charge < -0.3 is 11.1 Å². The second-order valence-corrected chi connectivity index (χ2v) is 4.31. The van der Waals surface area contributed by atoms with E-state index in [-0.39, 0.29) is 16.4 Å². The number of halogens is 2. The van der Waals surface area contributed by atoms with Crippen LogP contribution in [0.4, 0.5) is 14.5 Å². The molecule has 0 aliphatic carbocycles. The average molecular weight is 293 g/mol. The Hall–Kier alpha value is -2.41. The van der Waals surface area contributed by atoms with Gasteiger partial charge in [0, 0.05) is 17.8 Å². The zero-order valence-electron chi connectivity index (χ0n) is 10.1. The molecule has 0 unspecified atom stereocenters. The number of carbonyl (C=O) groups is 1. The first kappa shape index (κ1) is 14.0. The molecule has 4 nitrogen and oxygen atoms in total. The van der Waals surface area contributed by atoms with Gasteiger partial charge in [-0.2, -0.15) is 0 Å². The summed E-state index contributed by atoms with van der Waals surface area (Å²) < 4.78 is 26.1. The second-order valence-electron chi connectivity index (χ2n) is 3.87. The van der Waals surface area contributed by atoms with Crippen LogP contribution in [0.5, 0.6) is 0 Å². The molecule has 2 rings (SSSR count). The Morgan fingerprint density at radius 3 is 2.55 bits per heavy atom. The van der Waals surface area contributed by atoms with Crippen LogP contribution in [0.2, 0.25) is 0 Å². The van der Waals surface area contributed by atoms with E-state index < -0.39 is 17.5 Å². The fourth-order valence-corrected chi connectivity index (χ4v) is 1.57. The van der Waals surface area contributed by atoms with E-state index in [2.05, 4.69) is 10.3 Å². The van der Waals surface area contributed by atoms with Gasteiger partial charge in [-0.15, -0.1) is 0 Å². The smallest absolute Gasteiger partial charge is 0.274 e. The molecule has 0 saturated carbocycles. The minimum Gasteiger partial charge on any atom is -0.389 e. The van der Waals surface area contributed by atoms with Crippen LogP contribution in [0.25, 0.3) is 0 Å². The van der Waals surface area contributed by atoms with Crippen LogP contribution in [-0.2, 0) is 0 Å². The first-order valence-corrected chi connectivity index (χ1v) is 5.90. The van der Waals surface area contributed by atoms with Crippen LogP contribution in [0.15, 0.2) is 36.5 Å². The van der Waals surface area contributed by atoms with E-state index in [0.29, 0.717) is 11.6 Å². The number of thiocarbonyl (C=S) groups is 1. The van der Waals surface area contributed by atoms with Crippen LogP contribution in [0.1, 0.15) is 16.1 Å². The summed E-state index contributed by atoms with van der Waals surface area (Å²) in [6.07, 6.45) is 1.35. The van der Waals surface area contributed by atoms with E-state index in [9.17, 15) is 13.6 Å². The third-order valence-corrected chi connectivity index (χ3v) is 2.70. The average Bonchev–Trinajstić information content (AvgIpc) is 2.42. The number of carbonyl (C=O) groups excluding carboxylic acids is 1. The van der Waals surface area contributed by atoms with Crippen molar-refractivity contribution < 1.29 is 13.6 Å². The lowest BCUT2D eigenvalue weighted by Crippen LogP contribution is -2.16. The molecular weight excluding hydrogens is 284 g/mol. The van der Waals surface area contributed by atoms with Crippen molar-refractivity contribution in [2.75, 3.05) is 5.32 Å². The zero-order chi connectivity index (χ0) is 14.7. The summed E-state index contributed by atoms with van der Waals surface area (Å²) in [5.41, 5.74) is 5.86. The number of hydrogen-bond acceptors (Lipinski definition) is 3. The van der Waals surface area contributed by atoms with E-state index in [4.69, 9.17) is 18.0 Å². The quantitative estimate of drug-likeness (QED) is 0.852. The number of nitrogens with one attached hydrogen (secondary N) is 1. The standard InChI is InChI=1S/C13H9F2N3OS/c14-8-2-4-10(9(15)5-8)18-13(19)11-3-1-7(6-17-11)12(16)20/h1-6H,(H2,16,20)(H,18,19). The first-order valence-electron chi connectivity index (χ1n) is 5.49. The summed E-state index contributed by atoms with van der Waals surface area (Å²) in [4.78, 5) is 15.9. The number of pyridine rings is 1. The largest absolute Gasteiger partial charge is 0.389 e. The highest BCUT2D eigenvalue weighted by molar-refractivity contribution is 7.80. The van der Waals surface area contributed by atoms with E-state index in [1.54, 1.807) is 0 Å². The maximum absolute atomic E-state index is 13.4. The van der Waals surface area contributed by atoms with Gasteiger partial charge in [-0.1, -0.05) is 12.2 Å². The number of hydrogen-bond donors (Lipinski definition) is 2. The molecule has 0 spiro atoms. The Labute approximate surface area is 118 Å². The lowest BCUT2D eigenvalue weighted by Gasteiger charge is -2.06. The summed E-state index contributed by atoms with van der Waals surface area (Å²) >= 11 is 4.76. The van der Waals surface area contributed by atoms with Crippen LogP contribution < -0.4 is 11.1 Å². The third-order valence-electron chi connectivity index (χ3n) is 2.46. The van der Waals surface area contributed by atoms with Crippen molar-refractivity contribution in [2.24, 2.45) is 5.73 Å². The number of amides is 1. The number of rotatable bonds is 3. The molecule has 1 heterocycles. The second kappa shape index (κ2) is 5.70. The molecule has 20 heavy (non-hydrogen) atoms. The minimum atomic E-state index is -0.863. The van der Waals surface area contributed by atoms with Crippen molar-refractivity contribution in [3.63, 3.8) is 0 Å². The maximum Gasteiger partial charge on any atom is 0.274 e. The highest BCUT2D eigenvalue weighted by atomic mass is 32.1. The van der Waals surface area contributed by atoms with E-state index in [1.807, 2.05) is 0 Å². The summed E-state index contributed by atoms with van der Waals surface area (Å²) in [7, 11) is 0. The lowest BCUT2D eigenvalue weighted by molar-refractivity contribution is 0.102. The van der Waals surface area contributed by atoms with Gasteiger partial charge in [-0.05, 0) is 24.3 Å². The zero-order valence-corrected chi connectivity index (χ0v) is 10.9. The van der Waals surface area contributed by atoms with Gasteiger partial charge >= 0.3 is 0 Å². The molecule has 102 valence electrons. The predicted octanol–water partition coefficient (Wildman–Crippen LogP) is 2.25. The molecule has 1 aromatic heterocycles. The molecule has 1 amide bonds. The van der Waals surface area contributed by atoms with Gasteiger partial charge in [0.25, 0.3) is 5.91 Å². The van der Waals surface area contributed by atoms with Gasteiger partial charge in [0.1, 0.15) is 22.3 Å². The molecule has 0 aliphatic rings. The summed E-state index contributed by atoms with van der Waals surface area (Å²) in [5.74, 6) is -2.21. The molecule has 0 aliphatic heterocycles. The van der Waals surface area contributed by atoms with Gasteiger partial charge in [0.05, 0.1) is 5.69 Å². The lowest BCUT2D eigenvalue weighted by atomic mass is 10.2. The summed E-state index contributed by atoms with van der Waals surface area (Å²) in [6.45, 7) is 0. The van der Waals surface area contributed by atoms with Gasteiger partial charge in [-0.25, -0.2) is 8.78 Å². The van der Waals surface area contributed by atoms with Crippen LogP contribution in [-0.4, -0.2) is 15.9 Å². The first-order chi connectivity index (χ1) is 9.47. The third kappa shape index (κ3) is 3.12. The Morgan fingerprint density at radius 1 is 1.25 bits per heavy atom. The molecule has 0 bridgehead atoms. The van der Waals surface area contributed by atoms with Crippen molar-refractivity contribution in [1.82, 2.24) is 4.98 Å². The number of anilines is 1. The number of nitrogens with zero attached hydrogens (tertiary/aromatic N) is 1. The normalized spacial score (nSPS) is 10.1. The number of nitrogens with two attached hydrogens (primary N) is 1. The Kier molecular flexibility index (Phi) is 3.99. The van der Waals surface area contributed by atoms with Crippen molar-refractivity contribution in [3.05, 3.63) is 59.4 Å². The van der Waals surface area contributed by atoms with Crippen LogP contribution >= 0.6 is 12.2 Å². The van der Waals surface area contributed by atoms with E-state index >= 15 is 0 Å². The molecule has 2 aromatic rings. The SMILES string of the molecule is NC(=S)c1ccc(C(=O)Nc2ccc(F)cc2F)nc1. The fraction of sp³-hybridized carbons (Fsp3) is 0. The van der Waals surface area contributed by atoms with Crippen molar-refractivity contribution in [2.45, 2.75) is 0 Å². The summed E-state index contributed by atoms with van der Waals surface area (Å²) in [6, 6.07) is 5.80. The minimum absolute atomic E-state index is 0.0636. The topological polar surface area (TPSA) is 68.0 Å². The van der Waals surface area contributed by atoms with Crippen molar-refractivity contribution in [1.29, 1.82) is 0 Å². The Balaban J connectivity index is 2.17. The van der Waals surface area contributed by atoms with E-state index in [1.165, 1.54) is 18.3 Å². The van der Waals surface area contributed by atoms with Gasteiger partial charge in [0.2, 0.25) is 0 Å². The molecular formula is C13H9F2N3OS. The summed E-state index contributed by atoms with van der Waals surface area (Å²) in [5, 5.41) is 2.30. The Bertz CT molecular complexity index is 674. The molecule has 3 N–H and O–H groups in total. The van der Waals surface area contributed by atoms with Crippen LogP contribution in [0, 0.1) is 11.6 Å². The number of aromatic nitrogens is 1. The fourth-order valence-electron chi connectivity index (χ4n) is 1.45. The number of benzene rings is 1. The molecule has 0 atom stereocenters. The van der Waals surface area contributed by atoms with E-state index in [0.717, 1.165) is 12.1 Å². The molecule has 7 heteroatoms. The monoisotopic (exact) mass is 293 g/mol. The molecule has 0 radical (unpaired) electrons. The molecule has 1 aromatic carbocycles. The predicted molar refractivity (Wildman–Crippen MR) is 74.4 cm³/mol. The molecule has 0 saturated heterocycles. The van der Waals surface area contributed by atoms with Gasteiger partial charge in [-0.3, -0.25) is 9.78 Å².